The van der Waals surface area contributed by atoms with E-state index in [1.54, 1.807) is 12.4 Å². The van der Waals surface area contributed by atoms with E-state index in [1.165, 1.54) is 0 Å². The molecule has 0 saturated carbocycles. The zero-order valence-corrected chi connectivity index (χ0v) is 8.11. The highest BCUT2D eigenvalue weighted by Gasteiger charge is 2.11. The highest BCUT2D eigenvalue weighted by Crippen LogP contribution is 2.26. The first-order valence-corrected chi connectivity index (χ1v) is 4.32. The summed E-state index contributed by atoms with van der Waals surface area (Å²) in [6.07, 6.45) is 3.37. The summed E-state index contributed by atoms with van der Waals surface area (Å²) in [6, 6.07) is 1.86. The van der Waals surface area contributed by atoms with E-state index in [-0.39, 0.29) is 0 Å². The number of hydrogen-bond acceptors (Lipinski definition) is 4. The van der Waals surface area contributed by atoms with Crippen LogP contribution in [0.15, 0.2) is 23.0 Å². The fourth-order valence-electron chi connectivity index (χ4n) is 1.49. The van der Waals surface area contributed by atoms with Crippen molar-refractivity contribution in [3.8, 4) is 11.1 Å². The topological polar surface area (TPSA) is 64.9 Å². The molecular formula is C10H11N3O. The number of nitrogens with zero attached hydrogens (tertiary/aromatic N) is 2. The SMILES string of the molecule is Cc1noc(C)c1-c1cncc(N)c1. The van der Waals surface area contributed by atoms with Crippen molar-refractivity contribution >= 4 is 5.69 Å². The zero-order valence-electron chi connectivity index (χ0n) is 8.11. The quantitative estimate of drug-likeness (QED) is 0.744. The van der Waals surface area contributed by atoms with Gasteiger partial charge in [0.25, 0.3) is 0 Å². The Morgan fingerprint density at radius 1 is 1.29 bits per heavy atom. The normalized spacial score (nSPS) is 10.4. The van der Waals surface area contributed by atoms with E-state index < -0.39 is 0 Å². The van der Waals surface area contributed by atoms with Crippen molar-refractivity contribution in [3.63, 3.8) is 0 Å². The number of aromatic nitrogens is 2. The Kier molecular flexibility index (Phi) is 1.96. The van der Waals surface area contributed by atoms with E-state index >= 15 is 0 Å². The number of nitrogen functional groups attached to an aromatic ring is 1. The lowest BCUT2D eigenvalue weighted by Crippen LogP contribution is -1.89. The van der Waals surface area contributed by atoms with E-state index in [4.69, 9.17) is 10.3 Å². The van der Waals surface area contributed by atoms with E-state index in [9.17, 15) is 0 Å². The molecule has 0 radical (unpaired) electrons. The highest BCUT2D eigenvalue weighted by molar-refractivity contribution is 5.69. The Morgan fingerprint density at radius 3 is 2.64 bits per heavy atom. The van der Waals surface area contributed by atoms with E-state index in [0.717, 1.165) is 22.6 Å². The van der Waals surface area contributed by atoms with Crippen LogP contribution in [0.3, 0.4) is 0 Å². The summed E-state index contributed by atoms with van der Waals surface area (Å²) in [5, 5.41) is 3.88. The minimum atomic E-state index is 0.641. The van der Waals surface area contributed by atoms with E-state index in [2.05, 4.69) is 10.1 Å². The molecule has 2 heterocycles. The summed E-state index contributed by atoms with van der Waals surface area (Å²) >= 11 is 0. The molecular weight excluding hydrogens is 178 g/mol. The first-order chi connectivity index (χ1) is 6.68. The molecule has 72 valence electrons. The van der Waals surface area contributed by atoms with Gasteiger partial charge in [0.2, 0.25) is 0 Å². The molecule has 0 aromatic carbocycles. The van der Waals surface area contributed by atoms with Gasteiger partial charge in [-0.05, 0) is 19.9 Å². The molecule has 0 atom stereocenters. The molecule has 2 rings (SSSR count). The fraction of sp³-hybridized carbons (Fsp3) is 0.200. The van der Waals surface area contributed by atoms with Crippen molar-refractivity contribution in [2.75, 3.05) is 5.73 Å². The second-order valence-corrected chi connectivity index (χ2v) is 3.21. The van der Waals surface area contributed by atoms with Crippen LogP contribution in [0.25, 0.3) is 11.1 Å². The van der Waals surface area contributed by atoms with Gasteiger partial charge in [0, 0.05) is 23.5 Å². The Balaban J connectivity index is 2.59. The van der Waals surface area contributed by atoms with Gasteiger partial charge in [0.15, 0.2) is 0 Å². The van der Waals surface area contributed by atoms with Crippen molar-refractivity contribution in [2.24, 2.45) is 0 Å². The molecule has 0 aliphatic heterocycles. The summed E-state index contributed by atoms with van der Waals surface area (Å²) in [6.45, 7) is 3.77. The summed E-state index contributed by atoms with van der Waals surface area (Å²) in [7, 11) is 0. The third-order valence-corrected chi connectivity index (χ3v) is 2.08. The predicted molar refractivity (Wildman–Crippen MR) is 53.6 cm³/mol. The number of pyridine rings is 1. The van der Waals surface area contributed by atoms with Gasteiger partial charge in [0.1, 0.15) is 5.76 Å². The monoisotopic (exact) mass is 189 g/mol. The third kappa shape index (κ3) is 1.35. The lowest BCUT2D eigenvalue weighted by molar-refractivity contribution is 0.393. The Labute approximate surface area is 81.7 Å². The number of rotatable bonds is 1. The van der Waals surface area contributed by atoms with Gasteiger partial charge in [-0.2, -0.15) is 0 Å². The van der Waals surface area contributed by atoms with Crippen LogP contribution < -0.4 is 5.73 Å². The highest BCUT2D eigenvalue weighted by atomic mass is 16.5. The van der Waals surface area contributed by atoms with Gasteiger partial charge in [-0.15, -0.1) is 0 Å². The summed E-state index contributed by atoms with van der Waals surface area (Å²) in [4.78, 5) is 4.03. The predicted octanol–water partition coefficient (Wildman–Crippen LogP) is 1.94. The van der Waals surface area contributed by atoms with Gasteiger partial charge in [-0.3, -0.25) is 4.98 Å². The largest absolute Gasteiger partial charge is 0.397 e. The van der Waals surface area contributed by atoms with Crippen LogP contribution in [0.5, 0.6) is 0 Å². The minimum absolute atomic E-state index is 0.641. The molecule has 0 saturated heterocycles. The van der Waals surface area contributed by atoms with Gasteiger partial charge < -0.3 is 10.3 Å². The average molecular weight is 189 g/mol. The average Bonchev–Trinajstić information content (AvgIpc) is 2.46. The van der Waals surface area contributed by atoms with Crippen LogP contribution in [-0.4, -0.2) is 10.1 Å². The lowest BCUT2D eigenvalue weighted by atomic mass is 10.1. The molecule has 2 aromatic heterocycles. The molecule has 0 unspecified atom stereocenters. The molecule has 0 aliphatic carbocycles. The number of aryl methyl sites for hydroxylation is 2. The van der Waals surface area contributed by atoms with Crippen LogP contribution in [0.1, 0.15) is 11.5 Å². The lowest BCUT2D eigenvalue weighted by Gasteiger charge is -1.99. The first-order valence-electron chi connectivity index (χ1n) is 4.32. The molecule has 0 bridgehead atoms. The van der Waals surface area contributed by atoms with E-state index in [0.29, 0.717) is 5.69 Å². The molecule has 2 aromatic rings. The standard InChI is InChI=1S/C10H11N3O/c1-6-10(7(2)14-13-6)8-3-9(11)5-12-4-8/h3-5H,11H2,1-2H3. The third-order valence-electron chi connectivity index (χ3n) is 2.08. The van der Waals surface area contributed by atoms with Gasteiger partial charge in [-0.1, -0.05) is 5.16 Å². The minimum Gasteiger partial charge on any atom is -0.397 e. The van der Waals surface area contributed by atoms with Crippen molar-refractivity contribution < 1.29 is 4.52 Å². The molecule has 2 N–H and O–H groups in total. The maximum Gasteiger partial charge on any atom is 0.141 e. The molecule has 4 heteroatoms. The van der Waals surface area contributed by atoms with Crippen molar-refractivity contribution in [2.45, 2.75) is 13.8 Å². The molecule has 14 heavy (non-hydrogen) atoms. The molecule has 4 nitrogen and oxygen atoms in total. The van der Waals surface area contributed by atoms with Gasteiger partial charge >= 0.3 is 0 Å². The van der Waals surface area contributed by atoms with Crippen LogP contribution >= 0.6 is 0 Å². The summed E-state index contributed by atoms with van der Waals surface area (Å²) < 4.78 is 5.07. The van der Waals surface area contributed by atoms with Crippen LogP contribution in [0.2, 0.25) is 0 Å². The molecule has 0 fully saturated rings. The van der Waals surface area contributed by atoms with Crippen molar-refractivity contribution in [1.82, 2.24) is 10.1 Å². The fourth-order valence-corrected chi connectivity index (χ4v) is 1.49. The first kappa shape index (κ1) is 8.74. The molecule has 0 amide bonds. The van der Waals surface area contributed by atoms with E-state index in [1.807, 2.05) is 19.9 Å². The zero-order chi connectivity index (χ0) is 10.1. The van der Waals surface area contributed by atoms with Crippen molar-refractivity contribution in [3.05, 3.63) is 29.9 Å². The van der Waals surface area contributed by atoms with Crippen molar-refractivity contribution in [1.29, 1.82) is 0 Å². The second-order valence-electron chi connectivity index (χ2n) is 3.21. The maximum atomic E-state index is 5.65. The van der Waals surface area contributed by atoms with Gasteiger partial charge in [0.05, 0.1) is 11.4 Å². The van der Waals surface area contributed by atoms with Crippen LogP contribution in [-0.2, 0) is 0 Å². The summed E-state index contributed by atoms with van der Waals surface area (Å²) in [5.41, 5.74) is 9.07. The Morgan fingerprint density at radius 2 is 2.07 bits per heavy atom. The Bertz CT molecular complexity index is 443. The second kappa shape index (κ2) is 3.14. The molecule has 0 aliphatic rings. The van der Waals surface area contributed by atoms with Crippen LogP contribution in [0, 0.1) is 13.8 Å². The summed E-state index contributed by atoms with van der Waals surface area (Å²) in [5.74, 6) is 0.787. The number of hydrogen-bond donors (Lipinski definition) is 1. The smallest absolute Gasteiger partial charge is 0.141 e. The van der Waals surface area contributed by atoms with Crippen LogP contribution in [0.4, 0.5) is 5.69 Å². The van der Waals surface area contributed by atoms with Gasteiger partial charge in [-0.25, -0.2) is 0 Å². The maximum absolute atomic E-state index is 5.65. The molecule has 0 spiro atoms. The number of anilines is 1. The number of nitrogens with two attached hydrogens (primary N) is 1. The Hall–Kier alpha value is -1.84.